The normalized spacial score (nSPS) is 23.0. The topological polar surface area (TPSA) is 73.7 Å². The molecule has 3 amide bonds. The highest BCUT2D eigenvalue weighted by atomic mass is 16.2. The van der Waals surface area contributed by atoms with Gasteiger partial charge in [0.25, 0.3) is 0 Å². The Morgan fingerprint density at radius 1 is 1.30 bits per heavy atom. The molecule has 3 heterocycles. The molecule has 8 nitrogen and oxygen atoms in total. The second kappa shape index (κ2) is 7.88. The number of likely N-dealkylation sites (tertiary alicyclic amines) is 1. The zero-order chi connectivity index (χ0) is 19.6. The molecule has 1 aromatic rings. The van der Waals surface area contributed by atoms with E-state index in [0.29, 0.717) is 26.2 Å². The maximum absolute atomic E-state index is 12.8. The van der Waals surface area contributed by atoms with Crippen molar-refractivity contribution >= 4 is 11.9 Å². The van der Waals surface area contributed by atoms with Crippen LogP contribution >= 0.6 is 0 Å². The molecule has 0 spiro atoms. The molecular weight excluding hydrogens is 344 g/mol. The zero-order valence-electron chi connectivity index (χ0n) is 17.0. The van der Waals surface area contributed by atoms with Gasteiger partial charge in [-0.15, -0.1) is 0 Å². The van der Waals surface area contributed by atoms with Crippen molar-refractivity contribution in [2.24, 2.45) is 5.41 Å². The number of nitrogens with zero attached hydrogens (tertiary/aromatic N) is 5. The van der Waals surface area contributed by atoms with Crippen LogP contribution in [0.15, 0.2) is 6.07 Å². The minimum atomic E-state index is -0.331. The van der Waals surface area contributed by atoms with Crippen molar-refractivity contribution in [3.05, 3.63) is 17.5 Å². The third-order valence-corrected chi connectivity index (χ3v) is 5.70. The highest BCUT2D eigenvalue weighted by molar-refractivity contribution is 5.82. The molecular formula is C19H32N6O2. The summed E-state index contributed by atoms with van der Waals surface area (Å²) in [6.45, 7) is 9.42. The monoisotopic (exact) mass is 376 g/mol. The highest BCUT2D eigenvalue weighted by Crippen LogP contribution is 2.29. The van der Waals surface area contributed by atoms with E-state index in [2.05, 4.69) is 29.2 Å². The molecule has 2 aliphatic heterocycles. The molecule has 1 fully saturated rings. The fourth-order valence-corrected chi connectivity index (χ4v) is 4.04. The number of urea groups is 1. The van der Waals surface area contributed by atoms with Crippen molar-refractivity contribution in [3.8, 4) is 0 Å². The molecule has 150 valence electrons. The lowest BCUT2D eigenvalue weighted by molar-refractivity contribution is -0.133. The predicted octanol–water partition coefficient (Wildman–Crippen LogP) is 1.12. The summed E-state index contributed by atoms with van der Waals surface area (Å²) < 4.78 is 1.95. The number of carbonyl (C=O) groups is 2. The van der Waals surface area contributed by atoms with E-state index in [1.165, 1.54) is 0 Å². The summed E-state index contributed by atoms with van der Waals surface area (Å²) in [5.74, 6) is 0.107. The van der Waals surface area contributed by atoms with Crippen LogP contribution in [0.25, 0.3) is 0 Å². The maximum Gasteiger partial charge on any atom is 0.319 e. The lowest BCUT2D eigenvalue weighted by Crippen LogP contribution is -2.50. The van der Waals surface area contributed by atoms with Crippen molar-refractivity contribution in [1.82, 2.24) is 29.8 Å². The van der Waals surface area contributed by atoms with Crippen LogP contribution in [0.4, 0.5) is 4.79 Å². The van der Waals surface area contributed by atoms with Crippen LogP contribution in [0.3, 0.4) is 0 Å². The molecule has 0 bridgehead atoms. The number of hydrogen-bond acceptors (Lipinski definition) is 4. The number of amides is 3. The van der Waals surface area contributed by atoms with Crippen LogP contribution in [0.1, 0.15) is 38.1 Å². The Bertz CT molecular complexity index is 700. The van der Waals surface area contributed by atoms with E-state index in [1.807, 2.05) is 15.6 Å². The van der Waals surface area contributed by atoms with E-state index in [1.54, 1.807) is 19.0 Å². The van der Waals surface area contributed by atoms with Gasteiger partial charge in [-0.25, -0.2) is 4.79 Å². The average molecular weight is 377 g/mol. The van der Waals surface area contributed by atoms with Crippen LogP contribution in [-0.2, 0) is 24.4 Å². The molecule has 1 atom stereocenters. The standard InChI is InChI=1S/C19H32N6O2/c1-5-23-8-6-7-19(2,14-23)17(26)20-12-15-11-16-13-24(18(27)22(3)4)9-10-25(16)21-15/h11H,5-10,12-14H2,1-4H3,(H,20,26)/t19-/m1/s1. The van der Waals surface area contributed by atoms with Crippen molar-refractivity contribution in [2.75, 3.05) is 40.3 Å². The van der Waals surface area contributed by atoms with Crippen LogP contribution in [-0.4, -0.2) is 76.7 Å². The third kappa shape index (κ3) is 4.26. The number of fused-ring (bicyclic) bond motifs is 1. The summed E-state index contributed by atoms with van der Waals surface area (Å²) in [5.41, 5.74) is 1.54. The van der Waals surface area contributed by atoms with Gasteiger partial charge < -0.3 is 20.0 Å². The Labute approximate surface area is 161 Å². The lowest BCUT2D eigenvalue weighted by Gasteiger charge is -2.38. The predicted molar refractivity (Wildman–Crippen MR) is 103 cm³/mol. The smallest absolute Gasteiger partial charge is 0.319 e. The van der Waals surface area contributed by atoms with Gasteiger partial charge in [0.05, 0.1) is 36.4 Å². The van der Waals surface area contributed by atoms with E-state index in [0.717, 1.165) is 43.9 Å². The molecule has 1 saturated heterocycles. The summed E-state index contributed by atoms with van der Waals surface area (Å²) in [5, 5.41) is 7.69. The summed E-state index contributed by atoms with van der Waals surface area (Å²) in [7, 11) is 3.53. The Hall–Kier alpha value is -2.09. The lowest BCUT2D eigenvalue weighted by atomic mass is 9.81. The van der Waals surface area contributed by atoms with Crippen LogP contribution in [0.2, 0.25) is 0 Å². The first-order chi connectivity index (χ1) is 12.8. The largest absolute Gasteiger partial charge is 0.350 e. The van der Waals surface area contributed by atoms with Crippen LogP contribution in [0, 0.1) is 5.41 Å². The number of nitrogens with one attached hydrogen (secondary N) is 1. The fourth-order valence-electron chi connectivity index (χ4n) is 4.04. The Kier molecular flexibility index (Phi) is 5.74. The first-order valence-corrected chi connectivity index (χ1v) is 9.85. The van der Waals surface area contributed by atoms with E-state index in [4.69, 9.17) is 0 Å². The summed E-state index contributed by atoms with van der Waals surface area (Å²) in [6.07, 6.45) is 1.99. The van der Waals surface area contributed by atoms with Crippen LogP contribution < -0.4 is 5.32 Å². The van der Waals surface area contributed by atoms with E-state index >= 15 is 0 Å². The zero-order valence-corrected chi connectivity index (χ0v) is 17.0. The summed E-state index contributed by atoms with van der Waals surface area (Å²) >= 11 is 0. The van der Waals surface area contributed by atoms with Gasteiger partial charge in [-0.3, -0.25) is 9.48 Å². The van der Waals surface area contributed by atoms with Gasteiger partial charge in [-0.05, 0) is 38.9 Å². The molecule has 1 aromatic heterocycles. The quantitative estimate of drug-likeness (QED) is 0.855. The maximum atomic E-state index is 12.8. The Morgan fingerprint density at radius 2 is 2.07 bits per heavy atom. The molecule has 0 radical (unpaired) electrons. The van der Waals surface area contributed by atoms with Gasteiger partial charge in [0.15, 0.2) is 0 Å². The van der Waals surface area contributed by atoms with Crippen molar-refractivity contribution in [2.45, 2.75) is 46.3 Å². The van der Waals surface area contributed by atoms with Gasteiger partial charge in [-0.2, -0.15) is 5.10 Å². The number of carbonyl (C=O) groups excluding carboxylic acids is 2. The van der Waals surface area contributed by atoms with Crippen molar-refractivity contribution in [1.29, 1.82) is 0 Å². The Balaban J connectivity index is 1.58. The number of hydrogen-bond donors (Lipinski definition) is 1. The molecule has 1 N–H and O–H groups in total. The number of aromatic nitrogens is 2. The minimum Gasteiger partial charge on any atom is -0.350 e. The van der Waals surface area contributed by atoms with Crippen molar-refractivity contribution in [3.63, 3.8) is 0 Å². The molecule has 0 aromatic carbocycles. The first kappa shape index (κ1) is 19.7. The van der Waals surface area contributed by atoms with E-state index in [-0.39, 0.29) is 17.4 Å². The molecule has 8 heteroatoms. The highest BCUT2D eigenvalue weighted by Gasteiger charge is 2.37. The molecule has 2 aliphatic rings. The minimum absolute atomic E-state index is 0.0167. The van der Waals surface area contributed by atoms with Gasteiger partial charge >= 0.3 is 6.03 Å². The second-order valence-corrected chi connectivity index (χ2v) is 8.16. The first-order valence-electron chi connectivity index (χ1n) is 9.85. The van der Waals surface area contributed by atoms with E-state index < -0.39 is 0 Å². The molecule has 0 saturated carbocycles. The van der Waals surface area contributed by atoms with Gasteiger partial charge in [0.2, 0.25) is 5.91 Å². The van der Waals surface area contributed by atoms with Crippen molar-refractivity contribution < 1.29 is 9.59 Å². The van der Waals surface area contributed by atoms with Gasteiger partial charge in [0.1, 0.15) is 0 Å². The Morgan fingerprint density at radius 3 is 2.78 bits per heavy atom. The molecule has 3 rings (SSSR count). The van der Waals surface area contributed by atoms with Gasteiger partial charge in [0, 0.05) is 27.2 Å². The fraction of sp³-hybridized carbons (Fsp3) is 0.737. The van der Waals surface area contributed by atoms with Crippen LogP contribution in [0.5, 0.6) is 0 Å². The number of piperidine rings is 1. The average Bonchev–Trinajstić information content (AvgIpc) is 3.07. The second-order valence-electron chi connectivity index (χ2n) is 8.16. The summed E-state index contributed by atoms with van der Waals surface area (Å²) in [4.78, 5) is 30.7. The summed E-state index contributed by atoms with van der Waals surface area (Å²) in [6, 6.07) is 2.01. The molecule has 0 unspecified atom stereocenters. The molecule has 27 heavy (non-hydrogen) atoms. The third-order valence-electron chi connectivity index (χ3n) is 5.70. The number of rotatable bonds is 4. The van der Waals surface area contributed by atoms with Gasteiger partial charge in [-0.1, -0.05) is 6.92 Å². The SMILES string of the molecule is CCN1CCC[C@@](C)(C(=O)NCc2cc3n(n2)CCN(C(=O)N(C)C)C3)C1. The molecule has 0 aliphatic carbocycles. The van der Waals surface area contributed by atoms with E-state index in [9.17, 15) is 9.59 Å².